The first-order valence-electron chi connectivity index (χ1n) is 6.57. The number of nitriles is 1. The standard InChI is InChI=1S/C16H17N3O/c1-2-20-12-15-6-4-3-5-14(15)10-19-16-11-18-8-7-13(16)9-17/h3-8,11,19H,2,10,12H2,1H3. The summed E-state index contributed by atoms with van der Waals surface area (Å²) in [6.07, 6.45) is 3.29. The van der Waals surface area contributed by atoms with Crippen LogP contribution in [0.3, 0.4) is 0 Å². The lowest BCUT2D eigenvalue weighted by molar-refractivity contribution is 0.133. The van der Waals surface area contributed by atoms with Crippen LogP contribution < -0.4 is 5.32 Å². The van der Waals surface area contributed by atoms with Crippen molar-refractivity contribution < 1.29 is 4.74 Å². The van der Waals surface area contributed by atoms with Crippen LogP contribution in [0.15, 0.2) is 42.7 Å². The quantitative estimate of drug-likeness (QED) is 0.873. The third-order valence-electron chi connectivity index (χ3n) is 2.99. The summed E-state index contributed by atoms with van der Waals surface area (Å²) in [4.78, 5) is 4.04. The van der Waals surface area contributed by atoms with Gasteiger partial charge in [0, 0.05) is 19.3 Å². The second-order valence-electron chi connectivity index (χ2n) is 4.29. The van der Waals surface area contributed by atoms with Crippen LogP contribution in [0.25, 0.3) is 0 Å². The summed E-state index contributed by atoms with van der Waals surface area (Å²) < 4.78 is 5.46. The average Bonchev–Trinajstić information content (AvgIpc) is 2.52. The van der Waals surface area contributed by atoms with Crippen LogP contribution in [0.1, 0.15) is 23.6 Å². The minimum Gasteiger partial charge on any atom is -0.379 e. The predicted octanol–water partition coefficient (Wildman–Crippen LogP) is 3.10. The molecule has 20 heavy (non-hydrogen) atoms. The molecule has 0 spiro atoms. The Kier molecular flexibility index (Phi) is 5.10. The molecule has 102 valence electrons. The number of hydrogen-bond acceptors (Lipinski definition) is 4. The molecule has 0 amide bonds. The van der Waals surface area contributed by atoms with E-state index >= 15 is 0 Å². The van der Waals surface area contributed by atoms with Crippen molar-refractivity contribution in [1.29, 1.82) is 5.26 Å². The molecule has 1 N–H and O–H groups in total. The molecule has 1 heterocycles. The maximum absolute atomic E-state index is 9.05. The van der Waals surface area contributed by atoms with Crippen LogP contribution in [0.5, 0.6) is 0 Å². The highest BCUT2D eigenvalue weighted by Crippen LogP contribution is 2.16. The highest BCUT2D eigenvalue weighted by atomic mass is 16.5. The molecule has 0 atom stereocenters. The molecule has 0 fully saturated rings. The van der Waals surface area contributed by atoms with Gasteiger partial charge in [-0.3, -0.25) is 4.98 Å². The predicted molar refractivity (Wildman–Crippen MR) is 78.1 cm³/mol. The average molecular weight is 267 g/mol. The molecule has 0 unspecified atom stereocenters. The monoisotopic (exact) mass is 267 g/mol. The molecule has 1 aromatic carbocycles. The SMILES string of the molecule is CCOCc1ccccc1CNc1cnccc1C#N. The van der Waals surface area contributed by atoms with Crippen molar-refractivity contribution in [3.8, 4) is 6.07 Å². The normalized spacial score (nSPS) is 10.0. The molecule has 2 aromatic rings. The highest BCUT2D eigenvalue weighted by molar-refractivity contribution is 5.55. The zero-order valence-corrected chi connectivity index (χ0v) is 11.5. The van der Waals surface area contributed by atoms with Crippen molar-refractivity contribution in [1.82, 2.24) is 4.98 Å². The Labute approximate surface area is 119 Å². The molecule has 0 aliphatic rings. The van der Waals surface area contributed by atoms with Gasteiger partial charge in [0.2, 0.25) is 0 Å². The molecule has 0 bridgehead atoms. The number of benzene rings is 1. The van der Waals surface area contributed by atoms with E-state index in [2.05, 4.69) is 28.5 Å². The summed E-state index contributed by atoms with van der Waals surface area (Å²) in [5, 5.41) is 12.3. The second-order valence-corrected chi connectivity index (χ2v) is 4.29. The summed E-state index contributed by atoms with van der Waals surface area (Å²) in [7, 11) is 0. The van der Waals surface area contributed by atoms with Crippen molar-refractivity contribution in [2.24, 2.45) is 0 Å². The Morgan fingerprint density at radius 3 is 2.80 bits per heavy atom. The van der Waals surface area contributed by atoms with E-state index in [0.717, 1.165) is 16.8 Å². The van der Waals surface area contributed by atoms with E-state index in [4.69, 9.17) is 10.00 Å². The van der Waals surface area contributed by atoms with Crippen LogP contribution in [-0.2, 0) is 17.9 Å². The van der Waals surface area contributed by atoms with E-state index < -0.39 is 0 Å². The van der Waals surface area contributed by atoms with E-state index in [-0.39, 0.29) is 0 Å². The summed E-state index contributed by atoms with van der Waals surface area (Å²) in [5.74, 6) is 0. The minimum absolute atomic E-state index is 0.599. The van der Waals surface area contributed by atoms with E-state index in [0.29, 0.717) is 25.3 Å². The summed E-state index contributed by atoms with van der Waals surface area (Å²) in [6, 6.07) is 12.0. The van der Waals surface area contributed by atoms with Crippen molar-refractivity contribution >= 4 is 5.69 Å². The van der Waals surface area contributed by atoms with E-state index in [1.165, 1.54) is 0 Å². The Balaban J connectivity index is 2.09. The van der Waals surface area contributed by atoms with Crippen molar-refractivity contribution in [2.75, 3.05) is 11.9 Å². The number of aromatic nitrogens is 1. The van der Waals surface area contributed by atoms with Crippen molar-refractivity contribution in [2.45, 2.75) is 20.1 Å². The van der Waals surface area contributed by atoms with Gasteiger partial charge in [-0.15, -0.1) is 0 Å². The van der Waals surface area contributed by atoms with Gasteiger partial charge in [0.25, 0.3) is 0 Å². The minimum atomic E-state index is 0.599. The highest BCUT2D eigenvalue weighted by Gasteiger charge is 2.04. The van der Waals surface area contributed by atoms with Gasteiger partial charge in [0.05, 0.1) is 24.1 Å². The summed E-state index contributed by atoms with van der Waals surface area (Å²) in [5.41, 5.74) is 3.67. The molecule has 0 aliphatic heterocycles. The Bertz CT molecular complexity index is 605. The van der Waals surface area contributed by atoms with Crippen LogP contribution in [0.2, 0.25) is 0 Å². The molecule has 0 saturated heterocycles. The molecular formula is C16H17N3O. The fourth-order valence-corrected chi connectivity index (χ4v) is 1.91. The molecule has 4 nitrogen and oxygen atoms in total. The molecular weight excluding hydrogens is 250 g/mol. The molecule has 1 aromatic heterocycles. The van der Waals surface area contributed by atoms with Crippen molar-refractivity contribution in [3.63, 3.8) is 0 Å². The van der Waals surface area contributed by atoms with Crippen LogP contribution in [-0.4, -0.2) is 11.6 Å². The Morgan fingerprint density at radius 2 is 2.05 bits per heavy atom. The number of nitrogens with one attached hydrogen (secondary N) is 1. The van der Waals surface area contributed by atoms with Gasteiger partial charge in [-0.05, 0) is 24.1 Å². The maximum atomic E-state index is 9.05. The summed E-state index contributed by atoms with van der Waals surface area (Å²) >= 11 is 0. The third kappa shape index (κ3) is 3.56. The lowest BCUT2D eigenvalue weighted by atomic mass is 10.1. The van der Waals surface area contributed by atoms with Crippen LogP contribution in [0, 0.1) is 11.3 Å². The van der Waals surface area contributed by atoms with Gasteiger partial charge in [-0.2, -0.15) is 5.26 Å². The van der Waals surface area contributed by atoms with Crippen molar-refractivity contribution in [3.05, 3.63) is 59.4 Å². The van der Waals surface area contributed by atoms with Gasteiger partial charge in [0.1, 0.15) is 6.07 Å². The zero-order valence-electron chi connectivity index (χ0n) is 11.5. The number of pyridine rings is 1. The first-order chi connectivity index (χ1) is 9.85. The van der Waals surface area contributed by atoms with Gasteiger partial charge in [-0.25, -0.2) is 0 Å². The van der Waals surface area contributed by atoms with Gasteiger partial charge in [0.15, 0.2) is 0 Å². The number of nitrogens with zero attached hydrogens (tertiary/aromatic N) is 2. The van der Waals surface area contributed by atoms with Crippen LogP contribution >= 0.6 is 0 Å². The van der Waals surface area contributed by atoms with E-state index in [1.807, 2.05) is 19.1 Å². The Morgan fingerprint density at radius 1 is 1.25 bits per heavy atom. The second kappa shape index (κ2) is 7.27. The number of hydrogen-bond donors (Lipinski definition) is 1. The Hall–Kier alpha value is -2.38. The first kappa shape index (κ1) is 14.0. The first-order valence-corrected chi connectivity index (χ1v) is 6.57. The molecule has 0 saturated carbocycles. The lowest BCUT2D eigenvalue weighted by Gasteiger charge is -2.12. The topological polar surface area (TPSA) is 57.9 Å². The van der Waals surface area contributed by atoms with Gasteiger partial charge in [-0.1, -0.05) is 24.3 Å². The zero-order chi connectivity index (χ0) is 14.2. The fourth-order valence-electron chi connectivity index (χ4n) is 1.91. The number of rotatable bonds is 6. The molecule has 4 heteroatoms. The van der Waals surface area contributed by atoms with E-state index in [9.17, 15) is 0 Å². The molecule has 0 aliphatic carbocycles. The lowest BCUT2D eigenvalue weighted by Crippen LogP contribution is -2.05. The smallest absolute Gasteiger partial charge is 0.101 e. The van der Waals surface area contributed by atoms with Gasteiger partial charge < -0.3 is 10.1 Å². The van der Waals surface area contributed by atoms with E-state index in [1.54, 1.807) is 18.5 Å². The number of anilines is 1. The van der Waals surface area contributed by atoms with Gasteiger partial charge >= 0.3 is 0 Å². The fraction of sp³-hybridized carbons (Fsp3) is 0.250. The molecule has 0 radical (unpaired) electrons. The summed E-state index contributed by atoms with van der Waals surface area (Å²) in [6.45, 7) is 3.93. The maximum Gasteiger partial charge on any atom is 0.101 e. The third-order valence-corrected chi connectivity index (χ3v) is 2.99. The largest absolute Gasteiger partial charge is 0.379 e. The number of ether oxygens (including phenoxy) is 1. The molecule has 2 rings (SSSR count). The van der Waals surface area contributed by atoms with Crippen LogP contribution in [0.4, 0.5) is 5.69 Å².